The van der Waals surface area contributed by atoms with E-state index in [4.69, 9.17) is 0 Å². The standard InChI is InChI=1S/C26H30F2O/c1-2-3-18-4-5-24-17-23(11-10-22(24)16-18)21-8-6-19(7-9-21)20-12-14-25(15-13-20)29-26(27)28/h2-3,6-9,12-15,18,22-24,26H,4-5,10-11,16-17H2,1H3/b3-2+. The molecule has 154 valence electrons. The molecule has 0 amide bonds. The molecule has 1 nitrogen and oxygen atoms in total. The summed E-state index contributed by atoms with van der Waals surface area (Å²) < 4.78 is 29.0. The molecule has 4 rings (SSSR count). The zero-order valence-corrected chi connectivity index (χ0v) is 17.1. The van der Waals surface area contributed by atoms with Crippen molar-refractivity contribution in [3.8, 4) is 16.9 Å². The number of halogens is 2. The van der Waals surface area contributed by atoms with E-state index < -0.39 is 6.61 Å². The van der Waals surface area contributed by atoms with Crippen molar-refractivity contribution in [2.45, 2.75) is 58.0 Å². The van der Waals surface area contributed by atoms with Crippen LogP contribution in [0.5, 0.6) is 5.75 Å². The number of rotatable bonds is 5. The Labute approximate surface area is 172 Å². The van der Waals surface area contributed by atoms with Crippen LogP contribution in [0, 0.1) is 17.8 Å². The lowest BCUT2D eigenvalue weighted by Crippen LogP contribution is -2.30. The molecule has 2 aliphatic rings. The van der Waals surface area contributed by atoms with Crippen LogP contribution in [-0.4, -0.2) is 6.61 Å². The van der Waals surface area contributed by atoms with Gasteiger partial charge in [-0.2, -0.15) is 8.78 Å². The molecule has 0 heterocycles. The summed E-state index contributed by atoms with van der Waals surface area (Å²) >= 11 is 0. The van der Waals surface area contributed by atoms with Crippen molar-refractivity contribution in [2.75, 3.05) is 0 Å². The van der Waals surface area contributed by atoms with E-state index >= 15 is 0 Å². The predicted molar refractivity (Wildman–Crippen MR) is 114 cm³/mol. The number of alkyl halides is 2. The molecule has 29 heavy (non-hydrogen) atoms. The first-order chi connectivity index (χ1) is 14.1. The minimum Gasteiger partial charge on any atom is -0.435 e. The molecular weight excluding hydrogens is 366 g/mol. The van der Waals surface area contributed by atoms with Gasteiger partial charge in [0.05, 0.1) is 0 Å². The third-order valence-corrected chi connectivity index (χ3v) is 6.91. The highest BCUT2D eigenvalue weighted by Crippen LogP contribution is 2.48. The van der Waals surface area contributed by atoms with Gasteiger partial charge in [-0.15, -0.1) is 0 Å². The Morgan fingerprint density at radius 2 is 1.45 bits per heavy atom. The van der Waals surface area contributed by atoms with Gasteiger partial charge in [0.25, 0.3) is 0 Å². The van der Waals surface area contributed by atoms with Gasteiger partial charge >= 0.3 is 6.61 Å². The van der Waals surface area contributed by atoms with Gasteiger partial charge in [-0.3, -0.25) is 0 Å². The minimum absolute atomic E-state index is 0.196. The second-order valence-corrected chi connectivity index (χ2v) is 8.65. The van der Waals surface area contributed by atoms with Gasteiger partial charge in [-0.1, -0.05) is 48.6 Å². The molecule has 2 saturated carbocycles. The average Bonchev–Trinajstić information content (AvgIpc) is 2.74. The molecule has 0 saturated heterocycles. The molecular formula is C26H30F2O. The van der Waals surface area contributed by atoms with E-state index in [1.807, 2.05) is 12.1 Å². The third-order valence-electron chi connectivity index (χ3n) is 6.91. The lowest BCUT2D eigenvalue weighted by molar-refractivity contribution is -0.0498. The van der Waals surface area contributed by atoms with Crippen LogP contribution < -0.4 is 4.74 Å². The monoisotopic (exact) mass is 396 g/mol. The zero-order chi connectivity index (χ0) is 20.2. The molecule has 0 spiro atoms. The van der Waals surface area contributed by atoms with Crippen molar-refractivity contribution in [1.82, 2.24) is 0 Å². The highest BCUT2D eigenvalue weighted by molar-refractivity contribution is 5.64. The minimum atomic E-state index is -2.78. The molecule has 0 aromatic heterocycles. The van der Waals surface area contributed by atoms with E-state index in [9.17, 15) is 8.78 Å². The van der Waals surface area contributed by atoms with Gasteiger partial charge < -0.3 is 4.74 Å². The largest absolute Gasteiger partial charge is 0.435 e. The van der Waals surface area contributed by atoms with Crippen molar-refractivity contribution in [1.29, 1.82) is 0 Å². The Morgan fingerprint density at radius 3 is 2.10 bits per heavy atom. The maximum absolute atomic E-state index is 12.3. The van der Waals surface area contributed by atoms with E-state index in [0.717, 1.165) is 28.9 Å². The molecule has 4 unspecified atom stereocenters. The molecule has 4 atom stereocenters. The molecule has 2 fully saturated rings. The Morgan fingerprint density at radius 1 is 0.828 bits per heavy atom. The number of fused-ring (bicyclic) bond motifs is 1. The number of benzene rings is 2. The maximum atomic E-state index is 12.3. The summed E-state index contributed by atoms with van der Waals surface area (Å²) in [4.78, 5) is 0. The second-order valence-electron chi connectivity index (χ2n) is 8.65. The maximum Gasteiger partial charge on any atom is 0.387 e. The molecule has 2 aromatic carbocycles. The van der Waals surface area contributed by atoms with Crippen LogP contribution in [-0.2, 0) is 0 Å². The van der Waals surface area contributed by atoms with Crippen LogP contribution in [0.2, 0.25) is 0 Å². The fraction of sp³-hybridized carbons (Fsp3) is 0.462. The van der Waals surface area contributed by atoms with Crippen LogP contribution in [0.4, 0.5) is 8.78 Å². The van der Waals surface area contributed by atoms with Crippen LogP contribution >= 0.6 is 0 Å². The molecule has 2 aromatic rings. The fourth-order valence-corrected chi connectivity index (χ4v) is 5.45. The van der Waals surface area contributed by atoms with E-state index in [1.54, 1.807) is 12.1 Å². The average molecular weight is 397 g/mol. The second kappa shape index (κ2) is 9.11. The molecule has 0 radical (unpaired) electrons. The van der Waals surface area contributed by atoms with E-state index in [2.05, 4.69) is 48.1 Å². The summed E-state index contributed by atoms with van der Waals surface area (Å²) in [7, 11) is 0. The first kappa shape index (κ1) is 20.1. The summed E-state index contributed by atoms with van der Waals surface area (Å²) in [6.07, 6.45) is 12.7. The van der Waals surface area contributed by atoms with Crippen molar-refractivity contribution in [3.05, 3.63) is 66.2 Å². The Kier molecular flexibility index (Phi) is 6.32. The molecule has 0 bridgehead atoms. The van der Waals surface area contributed by atoms with Crippen molar-refractivity contribution < 1.29 is 13.5 Å². The van der Waals surface area contributed by atoms with Crippen LogP contribution in [0.25, 0.3) is 11.1 Å². The van der Waals surface area contributed by atoms with Crippen molar-refractivity contribution in [3.63, 3.8) is 0 Å². The number of hydrogen-bond acceptors (Lipinski definition) is 1. The lowest BCUT2D eigenvalue weighted by Gasteiger charge is -2.41. The van der Waals surface area contributed by atoms with Gasteiger partial charge in [-0.25, -0.2) is 0 Å². The Bertz CT molecular complexity index is 810. The van der Waals surface area contributed by atoms with Gasteiger partial charge in [0, 0.05) is 0 Å². The quantitative estimate of drug-likeness (QED) is 0.468. The van der Waals surface area contributed by atoms with Crippen molar-refractivity contribution in [2.24, 2.45) is 17.8 Å². The van der Waals surface area contributed by atoms with Gasteiger partial charge in [0.2, 0.25) is 0 Å². The van der Waals surface area contributed by atoms with Crippen molar-refractivity contribution >= 4 is 0 Å². The van der Waals surface area contributed by atoms with Gasteiger partial charge in [0.1, 0.15) is 5.75 Å². The highest BCUT2D eigenvalue weighted by Gasteiger charge is 2.35. The van der Waals surface area contributed by atoms with E-state index in [0.29, 0.717) is 5.92 Å². The number of ether oxygens (including phenoxy) is 1. The Hall–Kier alpha value is -2.16. The lowest BCUT2D eigenvalue weighted by atomic mass is 9.64. The molecule has 0 N–H and O–H groups in total. The Balaban J connectivity index is 1.38. The van der Waals surface area contributed by atoms with Gasteiger partial charge in [-0.05, 0) is 97.9 Å². The van der Waals surface area contributed by atoms with Crippen LogP contribution in [0.3, 0.4) is 0 Å². The highest BCUT2D eigenvalue weighted by atomic mass is 19.3. The first-order valence-electron chi connectivity index (χ1n) is 10.9. The zero-order valence-electron chi connectivity index (χ0n) is 17.1. The van der Waals surface area contributed by atoms with Crippen LogP contribution in [0.1, 0.15) is 56.9 Å². The molecule has 3 heteroatoms. The number of hydrogen-bond donors (Lipinski definition) is 0. The van der Waals surface area contributed by atoms with Crippen LogP contribution in [0.15, 0.2) is 60.7 Å². The van der Waals surface area contributed by atoms with Gasteiger partial charge in [0.15, 0.2) is 0 Å². The summed E-state index contributed by atoms with van der Waals surface area (Å²) in [6.45, 7) is -0.647. The van der Waals surface area contributed by atoms with E-state index in [1.165, 1.54) is 44.1 Å². The first-order valence-corrected chi connectivity index (χ1v) is 10.9. The summed E-state index contributed by atoms with van der Waals surface area (Å²) in [5.41, 5.74) is 3.57. The molecule has 2 aliphatic carbocycles. The molecule has 0 aliphatic heterocycles. The fourth-order valence-electron chi connectivity index (χ4n) is 5.45. The van der Waals surface area contributed by atoms with E-state index in [-0.39, 0.29) is 5.75 Å². The summed E-state index contributed by atoms with van der Waals surface area (Å²) in [5.74, 6) is 3.47. The normalized spacial score (nSPS) is 27.2. The topological polar surface area (TPSA) is 9.23 Å². The smallest absolute Gasteiger partial charge is 0.387 e. The summed E-state index contributed by atoms with van der Waals surface area (Å²) in [5, 5.41) is 0. The summed E-state index contributed by atoms with van der Waals surface area (Å²) in [6, 6.07) is 15.7. The SMILES string of the molecule is C/C=C/C1CCC2CC(c3ccc(-c4ccc(OC(F)F)cc4)cc3)CCC2C1. The third kappa shape index (κ3) is 4.88. The number of allylic oxidation sites excluding steroid dienone is 2. The predicted octanol–water partition coefficient (Wildman–Crippen LogP) is 7.83.